The number of anilines is 1. The zero-order valence-electron chi connectivity index (χ0n) is 18.9. The summed E-state index contributed by atoms with van der Waals surface area (Å²) < 4.78 is 6.90. The molecular formula is C25H22N6O3. The Morgan fingerprint density at radius 3 is 2.65 bits per heavy atom. The second-order valence-corrected chi connectivity index (χ2v) is 8.43. The van der Waals surface area contributed by atoms with E-state index in [1.807, 2.05) is 45.0 Å². The topological polar surface area (TPSA) is 125 Å². The first-order valence-electron chi connectivity index (χ1n) is 10.5. The lowest BCUT2D eigenvalue weighted by Gasteiger charge is -2.19. The number of fused-ring (bicyclic) bond motifs is 1. The predicted molar refractivity (Wildman–Crippen MR) is 130 cm³/mol. The van der Waals surface area contributed by atoms with Gasteiger partial charge in [0.2, 0.25) is 5.95 Å². The van der Waals surface area contributed by atoms with Crippen LogP contribution in [0.5, 0.6) is 0 Å². The number of hydrogen-bond donors (Lipinski definition) is 2. The van der Waals surface area contributed by atoms with E-state index in [4.69, 9.17) is 4.74 Å². The zero-order chi connectivity index (χ0) is 24.3. The molecule has 0 bridgehead atoms. The highest BCUT2D eigenvalue weighted by Gasteiger charge is 2.19. The number of aromatic amines is 1. The summed E-state index contributed by atoms with van der Waals surface area (Å²) in [6.07, 6.45) is 2.74. The molecule has 0 saturated heterocycles. The highest BCUT2D eigenvalue weighted by Crippen LogP contribution is 2.22. The number of carbonyl (C=O) groups excluding carboxylic acids is 1. The van der Waals surface area contributed by atoms with E-state index >= 15 is 0 Å². The van der Waals surface area contributed by atoms with Gasteiger partial charge in [-0.25, -0.2) is 15.2 Å². The van der Waals surface area contributed by atoms with E-state index in [-0.39, 0.29) is 17.2 Å². The Bertz CT molecular complexity index is 1490. The van der Waals surface area contributed by atoms with Gasteiger partial charge in [0.15, 0.2) is 0 Å². The van der Waals surface area contributed by atoms with Crippen molar-refractivity contribution in [3.63, 3.8) is 0 Å². The number of carbonyl (C=O) groups is 1. The Hall–Kier alpha value is -4.71. The van der Waals surface area contributed by atoms with Gasteiger partial charge < -0.3 is 4.74 Å². The normalized spacial score (nSPS) is 11.5. The fourth-order valence-corrected chi connectivity index (χ4v) is 3.37. The van der Waals surface area contributed by atoms with Crippen LogP contribution in [0, 0.1) is 11.3 Å². The molecule has 0 unspecified atom stereocenters. The number of H-pyrrole nitrogens is 1. The molecule has 0 amide bonds. The van der Waals surface area contributed by atoms with Crippen LogP contribution >= 0.6 is 0 Å². The highest BCUT2D eigenvalue weighted by molar-refractivity contribution is 6.01. The van der Waals surface area contributed by atoms with Crippen molar-refractivity contribution in [2.45, 2.75) is 26.4 Å². The van der Waals surface area contributed by atoms with Gasteiger partial charge in [-0.1, -0.05) is 42.5 Å². The number of nitrogens with zero attached hydrogens (tertiary/aromatic N) is 4. The lowest BCUT2D eigenvalue weighted by molar-refractivity contribution is 0.0544. The van der Waals surface area contributed by atoms with Gasteiger partial charge in [-0.15, -0.1) is 0 Å². The van der Waals surface area contributed by atoms with Gasteiger partial charge in [0.25, 0.3) is 5.56 Å². The average Bonchev–Trinajstić information content (AvgIpc) is 3.23. The SMILES string of the molecule is CC(C)(C)OC(=O)n1ccc2c(C=NNc3nc(-c4ccccc4)c(C#N)c(=O)[nH]3)cccc21. The van der Waals surface area contributed by atoms with Crippen molar-refractivity contribution in [2.75, 3.05) is 5.43 Å². The van der Waals surface area contributed by atoms with Crippen LogP contribution in [0.4, 0.5) is 10.7 Å². The molecule has 0 spiro atoms. The molecule has 2 N–H and O–H groups in total. The maximum Gasteiger partial charge on any atom is 0.418 e. The number of hydrogen-bond acceptors (Lipinski definition) is 7. The van der Waals surface area contributed by atoms with E-state index < -0.39 is 17.3 Å². The Balaban J connectivity index is 1.62. The largest absolute Gasteiger partial charge is 0.443 e. The van der Waals surface area contributed by atoms with Gasteiger partial charge in [-0.05, 0) is 32.9 Å². The molecule has 0 atom stereocenters. The molecule has 0 fully saturated rings. The second-order valence-electron chi connectivity index (χ2n) is 8.43. The molecule has 34 heavy (non-hydrogen) atoms. The molecule has 4 rings (SSSR count). The minimum atomic E-state index is -0.611. The van der Waals surface area contributed by atoms with Crippen LogP contribution in [0.3, 0.4) is 0 Å². The monoisotopic (exact) mass is 454 g/mol. The molecule has 2 heterocycles. The highest BCUT2D eigenvalue weighted by atomic mass is 16.6. The lowest BCUT2D eigenvalue weighted by atomic mass is 10.1. The summed E-state index contributed by atoms with van der Waals surface area (Å²) in [6, 6.07) is 18.1. The minimum Gasteiger partial charge on any atom is -0.443 e. The van der Waals surface area contributed by atoms with Crippen molar-refractivity contribution in [1.82, 2.24) is 14.5 Å². The molecule has 0 saturated carbocycles. The lowest BCUT2D eigenvalue weighted by Crippen LogP contribution is -2.26. The van der Waals surface area contributed by atoms with Gasteiger partial charge in [-0.2, -0.15) is 10.4 Å². The summed E-state index contributed by atoms with van der Waals surface area (Å²) in [6.45, 7) is 5.43. The summed E-state index contributed by atoms with van der Waals surface area (Å²) in [5.74, 6) is 0.0950. The van der Waals surface area contributed by atoms with Gasteiger partial charge in [0.1, 0.15) is 17.2 Å². The Kier molecular flexibility index (Phi) is 5.97. The van der Waals surface area contributed by atoms with Crippen LogP contribution in [0.25, 0.3) is 22.2 Å². The molecule has 0 aliphatic carbocycles. The van der Waals surface area contributed by atoms with Crippen LogP contribution in [0.15, 0.2) is 70.7 Å². The van der Waals surface area contributed by atoms with E-state index in [0.29, 0.717) is 11.1 Å². The maximum absolute atomic E-state index is 12.5. The van der Waals surface area contributed by atoms with Crippen LogP contribution in [0.1, 0.15) is 31.9 Å². The van der Waals surface area contributed by atoms with Crippen molar-refractivity contribution in [3.8, 4) is 17.3 Å². The fraction of sp³-hybridized carbons (Fsp3) is 0.160. The molecule has 9 nitrogen and oxygen atoms in total. The molecule has 0 aliphatic rings. The van der Waals surface area contributed by atoms with Crippen molar-refractivity contribution in [1.29, 1.82) is 5.26 Å². The Morgan fingerprint density at radius 2 is 1.94 bits per heavy atom. The molecule has 9 heteroatoms. The predicted octanol–water partition coefficient (Wildman–Crippen LogP) is 4.49. The quantitative estimate of drug-likeness (QED) is 0.346. The average molecular weight is 454 g/mol. The number of nitrogens with one attached hydrogen (secondary N) is 2. The Labute approximate surface area is 195 Å². The smallest absolute Gasteiger partial charge is 0.418 e. The summed E-state index contributed by atoms with van der Waals surface area (Å²) in [7, 11) is 0. The number of ether oxygens (including phenoxy) is 1. The fourth-order valence-electron chi connectivity index (χ4n) is 3.37. The number of aromatic nitrogens is 3. The number of rotatable bonds is 4. The standard InChI is InChI=1S/C25H22N6O3/c1-25(2,3)34-24(33)31-13-12-18-17(10-7-11-20(18)31)15-27-30-23-28-21(16-8-5-4-6-9-16)19(14-26)22(32)29-23/h4-13,15H,1-3H3,(H2,28,29,30,32). The van der Waals surface area contributed by atoms with E-state index in [0.717, 1.165) is 10.9 Å². The minimum absolute atomic E-state index is 0.0750. The molecule has 0 radical (unpaired) electrons. The number of benzene rings is 2. The first kappa shape index (κ1) is 22.5. The Morgan fingerprint density at radius 1 is 1.18 bits per heavy atom. The number of nitriles is 1. The van der Waals surface area contributed by atoms with Crippen LogP contribution in [-0.2, 0) is 4.74 Å². The van der Waals surface area contributed by atoms with Gasteiger partial charge in [0, 0.05) is 22.7 Å². The summed E-state index contributed by atoms with van der Waals surface area (Å²) in [5.41, 5.74) is 3.79. The molecule has 2 aromatic carbocycles. The third kappa shape index (κ3) is 4.71. The van der Waals surface area contributed by atoms with Gasteiger partial charge in [-0.3, -0.25) is 14.3 Å². The molecule has 2 aromatic heterocycles. The second kappa shape index (κ2) is 9.03. The van der Waals surface area contributed by atoms with E-state index in [1.165, 1.54) is 4.57 Å². The molecule has 170 valence electrons. The number of hydrazone groups is 1. The van der Waals surface area contributed by atoms with E-state index in [9.17, 15) is 14.9 Å². The molecular weight excluding hydrogens is 432 g/mol. The van der Waals surface area contributed by atoms with Crippen LogP contribution in [0.2, 0.25) is 0 Å². The van der Waals surface area contributed by atoms with Crippen molar-refractivity contribution in [3.05, 3.63) is 82.3 Å². The maximum atomic E-state index is 12.5. The third-order valence-corrected chi connectivity index (χ3v) is 4.81. The van der Waals surface area contributed by atoms with Crippen molar-refractivity contribution < 1.29 is 9.53 Å². The van der Waals surface area contributed by atoms with Crippen molar-refractivity contribution >= 4 is 29.2 Å². The first-order valence-corrected chi connectivity index (χ1v) is 10.5. The van der Waals surface area contributed by atoms with Crippen LogP contribution < -0.4 is 11.0 Å². The summed E-state index contributed by atoms with van der Waals surface area (Å²) in [5, 5.41) is 14.4. The first-order chi connectivity index (χ1) is 16.3. The van der Waals surface area contributed by atoms with Crippen LogP contribution in [-0.4, -0.2) is 32.4 Å². The van der Waals surface area contributed by atoms with E-state index in [2.05, 4.69) is 20.5 Å². The molecule has 0 aliphatic heterocycles. The zero-order valence-corrected chi connectivity index (χ0v) is 18.9. The van der Waals surface area contributed by atoms with Gasteiger partial charge in [0.05, 0.1) is 17.4 Å². The van der Waals surface area contributed by atoms with Crippen molar-refractivity contribution in [2.24, 2.45) is 5.10 Å². The summed E-state index contributed by atoms with van der Waals surface area (Å²) in [4.78, 5) is 31.8. The van der Waals surface area contributed by atoms with Gasteiger partial charge >= 0.3 is 6.09 Å². The molecule has 4 aromatic rings. The van der Waals surface area contributed by atoms with E-state index in [1.54, 1.807) is 48.8 Å². The third-order valence-electron chi connectivity index (χ3n) is 4.81. The summed E-state index contributed by atoms with van der Waals surface area (Å²) >= 11 is 0.